The Morgan fingerprint density at radius 3 is 2.14 bits per heavy atom. The number of halogens is 1. The summed E-state index contributed by atoms with van der Waals surface area (Å²) in [5, 5.41) is 2.88. The Labute approximate surface area is 258 Å². The summed E-state index contributed by atoms with van der Waals surface area (Å²) in [6.07, 6.45) is 0.129. The smallest absolute Gasteiger partial charge is 0.264 e. The van der Waals surface area contributed by atoms with Crippen LogP contribution in [-0.2, 0) is 32.6 Å². The van der Waals surface area contributed by atoms with Gasteiger partial charge in [-0.3, -0.25) is 13.9 Å². The second kappa shape index (κ2) is 14.7. The van der Waals surface area contributed by atoms with Gasteiger partial charge >= 0.3 is 0 Å². The number of anilines is 1. The number of nitrogens with zero attached hydrogens (tertiary/aromatic N) is 2. The molecular weight excluding hydrogens is 581 g/mol. The fraction of sp³-hybridized carbons (Fsp3) is 0.235. The number of sulfonamides is 1. The first-order chi connectivity index (χ1) is 21.1. The minimum atomic E-state index is -4.26. The van der Waals surface area contributed by atoms with Gasteiger partial charge in [0.05, 0.1) is 17.7 Å². The summed E-state index contributed by atoms with van der Waals surface area (Å²) >= 11 is 0. The van der Waals surface area contributed by atoms with E-state index in [4.69, 9.17) is 4.74 Å². The van der Waals surface area contributed by atoms with Gasteiger partial charge in [-0.05, 0) is 49.7 Å². The molecule has 0 aliphatic carbocycles. The first kappa shape index (κ1) is 32.2. The fourth-order valence-electron chi connectivity index (χ4n) is 4.76. The van der Waals surface area contributed by atoms with Crippen LogP contribution in [0.25, 0.3) is 0 Å². The number of amides is 2. The van der Waals surface area contributed by atoms with Crippen molar-refractivity contribution < 1.29 is 27.1 Å². The molecule has 0 spiro atoms. The number of hydrogen-bond donors (Lipinski definition) is 1. The minimum absolute atomic E-state index is 0.0188. The van der Waals surface area contributed by atoms with Gasteiger partial charge < -0.3 is 15.0 Å². The molecule has 1 atom stereocenters. The third kappa shape index (κ3) is 8.02. The van der Waals surface area contributed by atoms with Gasteiger partial charge in [0.1, 0.15) is 24.2 Å². The highest BCUT2D eigenvalue weighted by atomic mass is 32.2. The lowest BCUT2D eigenvalue weighted by Gasteiger charge is -2.34. The van der Waals surface area contributed by atoms with Crippen LogP contribution in [0, 0.1) is 5.82 Å². The van der Waals surface area contributed by atoms with Gasteiger partial charge in [-0.25, -0.2) is 12.8 Å². The van der Waals surface area contributed by atoms with Crippen molar-refractivity contribution in [3.05, 3.63) is 126 Å². The molecule has 10 heteroatoms. The molecule has 2 amide bonds. The molecule has 8 nitrogen and oxygen atoms in total. The quantitative estimate of drug-likeness (QED) is 0.223. The molecule has 230 valence electrons. The lowest BCUT2D eigenvalue weighted by molar-refractivity contribution is -0.140. The van der Waals surface area contributed by atoms with Crippen LogP contribution in [0.2, 0.25) is 0 Å². The highest BCUT2D eigenvalue weighted by Gasteiger charge is 2.35. The molecule has 1 N–H and O–H groups in total. The summed E-state index contributed by atoms with van der Waals surface area (Å²) in [5.74, 6) is -1.28. The molecule has 0 radical (unpaired) electrons. The normalized spacial score (nSPS) is 11.9. The molecule has 44 heavy (non-hydrogen) atoms. The summed E-state index contributed by atoms with van der Waals surface area (Å²) in [4.78, 5) is 29.3. The standard InChI is InChI=1S/C34H36FN3O5S/c1-25(2)36-34(40)32(21-26-13-6-4-7-14-26)37(23-27-15-10-11-20-31(27)35)33(39)24-38(28-16-12-17-29(22-28)43-3)44(41,42)30-18-8-5-9-19-30/h4-20,22,25,32H,21,23-24H2,1-3H3,(H,36,40)/t32-/m0/s1. The van der Waals surface area contributed by atoms with E-state index in [1.165, 1.54) is 48.4 Å². The minimum Gasteiger partial charge on any atom is -0.497 e. The van der Waals surface area contributed by atoms with E-state index < -0.39 is 40.2 Å². The maximum atomic E-state index is 15.0. The number of carbonyl (C=O) groups is 2. The van der Waals surface area contributed by atoms with Crippen LogP contribution in [0.4, 0.5) is 10.1 Å². The van der Waals surface area contributed by atoms with Crippen molar-refractivity contribution in [2.45, 2.75) is 43.8 Å². The lowest BCUT2D eigenvalue weighted by Crippen LogP contribution is -2.54. The number of rotatable bonds is 13. The molecule has 0 fully saturated rings. The first-order valence-electron chi connectivity index (χ1n) is 14.2. The predicted molar refractivity (Wildman–Crippen MR) is 168 cm³/mol. The van der Waals surface area contributed by atoms with Gasteiger partial charge in [0.15, 0.2) is 0 Å². The van der Waals surface area contributed by atoms with Crippen molar-refractivity contribution in [1.29, 1.82) is 0 Å². The van der Waals surface area contributed by atoms with Gasteiger partial charge in [-0.15, -0.1) is 0 Å². The molecule has 4 rings (SSSR count). The SMILES string of the molecule is COc1cccc(N(CC(=O)N(Cc2ccccc2F)[C@@H](Cc2ccccc2)C(=O)NC(C)C)S(=O)(=O)c2ccccc2)c1. The first-order valence-corrected chi connectivity index (χ1v) is 15.6. The number of benzene rings is 4. The molecule has 0 aromatic heterocycles. The molecular formula is C34H36FN3O5S. The molecule has 0 saturated heterocycles. The maximum absolute atomic E-state index is 15.0. The van der Waals surface area contributed by atoms with Crippen molar-refractivity contribution >= 4 is 27.5 Å². The Bertz CT molecular complexity index is 1670. The highest BCUT2D eigenvalue weighted by Crippen LogP contribution is 2.28. The average molecular weight is 618 g/mol. The summed E-state index contributed by atoms with van der Waals surface area (Å²) in [5.41, 5.74) is 1.16. The zero-order valence-electron chi connectivity index (χ0n) is 24.9. The Morgan fingerprint density at radius 2 is 1.50 bits per heavy atom. The molecule has 0 aliphatic rings. The molecule has 4 aromatic carbocycles. The third-order valence-corrected chi connectivity index (χ3v) is 8.74. The van der Waals surface area contributed by atoms with E-state index in [2.05, 4.69) is 5.32 Å². The number of methoxy groups -OCH3 is 1. The Hall–Kier alpha value is -4.70. The summed E-state index contributed by atoms with van der Waals surface area (Å²) in [6, 6.07) is 28.0. The maximum Gasteiger partial charge on any atom is 0.264 e. The van der Waals surface area contributed by atoms with Crippen LogP contribution in [0.3, 0.4) is 0 Å². The van der Waals surface area contributed by atoms with E-state index >= 15 is 0 Å². The third-order valence-electron chi connectivity index (χ3n) is 6.95. The van der Waals surface area contributed by atoms with Crippen molar-refractivity contribution in [2.75, 3.05) is 18.0 Å². The van der Waals surface area contributed by atoms with Crippen LogP contribution in [-0.4, -0.2) is 50.9 Å². The largest absolute Gasteiger partial charge is 0.497 e. The number of carbonyl (C=O) groups excluding carboxylic acids is 2. The van der Waals surface area contributed by atoms with Crippen LogP contribution >= 0.6 is 0 Å². The van der Waals surface area contributed by atoms with Crippen molar-refractivity contribution in [3.8, 4) is 5.75 Å². The van der Waals surface area contributed by atoms with E-state index in [1.54, 1.807) is 56.3 Å². The lowest BCUT2D eigenvalue weighted by atomic mass is 10.0. The Kier molecular flexibility index (Phi) is 10.7. The van der Waals surface area contributed by atoms with Crippen molar-refractivity contribution in [1.82, 2.24) is 10.2 Å². The fourth-order valence-corrected chi connectivity index (χ4v) is 6.19. The molecule has 0 saturated carbocycles. The molecule has 0 bridgehead atoms. The van der Waals surface area contributed by atoms with Crippen LogP contribution in [0.1, 0.15) is 25.0 Å². The van der Waals surface area contributed by atoms with Gasteiger partial charge in [0, 0.05) is 30.6 Å². The van der Waals surface area contributed by atoms with Crippen LogP contribution in [0.15, 0.2) is 114 Å². The topological polar surface area (TPSA) is 96.0 Å². The Balaban J connectivity index is 1.82. The predicted octanol–water partition coefficient (Wildman–Crippen LogP) is 5.19. The van der Waals surface area contributed by atoms with Gasteiger partial charge in [-0.1, -0.05) is 72.8 Å². The van der Waals surface area contributed by atoms with Gasteiger partial charge in [0.2, 0.25) is 11.8 Å². The number of ether oxygens (including phenoxy) is 1. The monoisotopic (exact) mass is 617 g/mol. The highest BCUT2D eigenvalue weighted by molar-refractivity contribution is 7.92. The second-order valence-corrected chi connectivity index (χ2v) is 12.4. The van der Waals surface area contributed by atoms with E-state index in [0.29, 0.717) is 5.75 Å². The van der Waals surface area contributed by atoms with Crippen molar-refractivity contribution in [2.24, 2.45) is 0 Å². The van der Waals surface area contributed by atoms with Gasteiger partial charge in [0.25, 0.3) is 10.0 Å². The zero-order chi connectivity index (χ0) is 31.7. The second-order valence-electron chi connectivity index (χ2n) is 10.5. The summed E-state index contributed by atoms with van der Waals surface area (Å²) in [7, 11) is -2.80. The van der Waals surface area contributed by atoms with E-state index in [-0.39, 0.29) is 35.2 Å². The molecule has 4 aromatic rings. The summed E-state index contributed by atoms with van der Waals surface area (Å²) in [6.45, 7) is 2.69. The van der Waals surface area contributed by atoms with Crippen LogP contribution < -0.4 is 14.4 Å². The van der Waals surface area contributed by atoms with Crippen molar-refractivity contribution in [3.63, 3.8) is 0 Å². The molecule has 0 aliphatic heterocycles. The molecule has 0 unspecified atom stereocenters. The molecule has 0 heterocycles. The average Bonchev–Trinajstić information content (AvgIpc) is 3.02. The summed E-state index contributed by atoms with van der Waals surface area (Å²) < 4.78 is 49.3. The van der Waals surface area contributed by atoms with E-state index in [9.17, 15) is 22.4 Å². The van der Waals surface area contributed by atoms with E-state index in [1.807, 2.05) is 30.3 Å². The number of nitrogens with one attached hydrogen (secondary N) is 1. The zero-order valence-corrected chi connectivity index (χ0v) is 25.7. The van der Waals surface area contributed by atoms with Gasteiger partial charge in [-0.2, -0.15) is 0 Å². The van der Waals surface area contributed by atoms with E-state index in [0.717, 1.165) is 9.87 Å². The van der Waals surface area contributed by atoms with Crippen LogP contribution in [0.5, 0.6) is 5.75 Å². The Morgan fingerprint density at radius 1 is 0.864 bits per heavy atom. The number of hydrogen-bond acceptors (Lipinski definition) is 5.